The van der Waals surface area contributed by atoms with Gasteiger partial charge in [0.1, 0.15) is 0 Å². The van der Waals surface area contributed by atoms with Gasteiger partial charge in [-0.3, -0.25) is 4.40 Å². The van der Waals surface area contributed by atoms with Crippen LogP contribution < -0.4 is 5.32 Å². The molecule has 1 aliphatic heterocycles. The minimum Gasteiger partial charge on any atom is -0.381 e. The van der Waals surface area contributed by atoms with E-state index in [-0.39, 0.29) is 0 Å². The molecule has 0 amide bonds. The SMILES string of the molecule is Cc1nc2scc(C)n2c1CNCC1CCCOC1. The molecule has 1 saturated heterocycles. The number of hydrogen-bond acceptors (Lipinski definition) is 4. The van der Waals surface area contributed by atoms with E-state index in [9.17, 15) is 0 Å². The standard InChI is InChI=1S/C14H21N3OS/c1-10-9-19-14-16-11(2)13(17(10)14)7-15-6-12-4-3-5-18-8-12/h9,12,15H,3-8H2,1-2H3. The Morgan fingerprint density at radius 2 is 2.42 bits per heavy atom. The maximum atomic E-state index is 5.51. The number of aromatic nitrogens is 2. The lowest BCUT2D eigenvalue weighted by Gasteiger charge is -2.22. The number of nitrogens with one attached hydrogen (secondary N) is 1. The molecule has 2 aromatic heterocycles. The number of rotatable bonds is 4. The van der Waals surface area contributed by atoms with Crippen LogP contribution in [0.3, 0.4) is 0 Å². The highest BCUT2D eigenvalue weighted by atomic mass is 32.1. The summed E-state index contributed by atoms with van der Waals surface area (Å²) in [7, 11) is 0. The number of thiazole rings is 1. The van der Waals surface area contributed by atoms with Crippen LogP contribution >= 0.6 is 11.3 Å². The lowest BCUT2D eigenvalue weighted by Crippen LogP contribution is -2.29. The molecule has 0 saturated carbocycles. The molecule has 0 bridgehead atoms. The molecule has 0 aliphatic carbocycles. The Morgan fingerprint density at radius 3 is 3.21 bits per heavy atom. The molecule has 104 valence electrons. The van der Waals surface area contributed by atoms with Crippen molar-refractivity contribution in [3.63, 3.8) is 0 Å². The summed E-state index contributed by atoms with van der Waals surface area (Å²) in [6.07, 6.45) is 2.48. The molecule has 1 unspecified atom stereocenters. The summed E-state index contributed by atoms with van der Waals surface area (Å²) in [5.74, 6) is 0.668. The van der Waals surface area contributed by atoms with Gasteiger partial charge in [0.15, 0.2) is 4.96 Å². The highest BCUT2D eigenvalue weighted by molar-refractivity contribution is 7.15. The number of hydrogen-bond donors (Lipinski definition) is 1. The maximum Gasteiger partial charge on any atom is 0.194 e. The van der Waals surface area contributed by atoms with Crippen LogP contribution in [0.2, 0.25) is 0 Å². The van der Waals surface area contributed by atoms with E-state index >= 15 is 0 Å². The van der Waals surface area contributed by atoms with Crippen LogP contribution in [0.1, 0.15) is 29.9 Å². The summed E-state index contributed by atoms with van der Waals surface area (Å²) < 4.78 is 7.78. The Morgan fingerprint density at radius 1 is 1.53 bits per heavy atom. The molecule has 19 heavy (non-hydrogen) atoms. The highest BCUT2D eigenvalue weighted by Crippen LogP contribution is 2.20. The summed E-state index contributed by atoms with van der Waals surface area (Å²) in [6.45, 7) is 8.01. The Balaban J connectivity index is 1.64. The minimum absolute atomic E-state index is 0.668. The lowest BCUT2D eigenvalue weighted by atomic mass is 10.0. The second-order valence-corrected chi connectivity index (χ2v) is 6.19. The van der Waals surface area contributed by atoms with Crippen LogP contribution in [0.4, 0.5) is 0 Å². The van der Waals surface area contributed by atoms with Gasteiger partial charge in [-0.1, -0.05) is 0 Å². The summed E-state index contributed by atoms with van der Waals surface area (Å²) in [5, 5.41) is 5.74. The zero-order chi connectivity index (χ0) is 13.2. The van der Waals surface area contributed by atoms with Gasteiger partial charge in [0, 0.05) is 30.8 Å². The molecule has 1 fully saturated rings. The van der Waals surface area contributed by atoms with Gasteiger partial charge >= 0.3 is 0 Å². The third kappa shape index (κ3) is 2.68. The van der Waals surface area contributed by atoms with E-state index in [2.05, 4.69) is 33.9 Å². The maximum absolute atomic E-state index is 5.51. The fourth-order valence-electron chi connectivity index (χ4n) is 2.74. The Labute approximate surface area is 117 Å². The van der Waals surface area contributed by atoms with Crippen LogP contribution in [0.25, 0.3) is 4.96 Å². The molecule has 2 aromatic rings. The number of nitrogens with zero attached hydrogens (tertiary/aromatic N) is 2. The van der Waals surface area contributed by atoms with E-state index in [1.165, 1.54) is 24.2 Å². The van der Waals surface area contributed by atoms with Gasteiger partial charge in [0.05, 0.1) is 18.0 Å². The van der Waals surface area contributed by atoms with E-state index in [0.717, 1.165) is 37.0 Å². The first-order valence-corrected chi connectivity index (χ1v) is 7.84. The molecule has 3 heterocycles. The predicted molar refractivity (Wildman–Crippen MR) is 77.8 cm³/mol. The second-order valence-electron chi connectivity index (χ2n) is 5.35. The number of aryl methyl sites for hydroxylation is 2. The fraction of sp³-hybridized carbons (Fsp3) is 0.643. The van der Waals surface area contributed by atoms with Crippen LogP contribution in [0, 0.1) is 19.8 Å². The van der Waals surface area contributed by atoms with Gasteiger partial charge in [-0.15, -0.1) is 11.3 Å². The van der Waals surface area contributed by atoms with Gasteiger partial charge in [-0.2, -0.15) is 0 Å². The van der Waals surface area contributed by atoms with Gasteiger partial charge < -0.3 is 10.1 Å². The molecule has 0 radical (unpaired) electrons. The van der Waals surface area contributed by atoms with Crippen LogP contribution in [0.15, 0.2) is 5.38 Å². The molecule has 0 spiro atoms. The van der Waals surface area contributed by atoms with E-state index in [0.29, 0.717) is 5.92 Å². The molecule has 1 N–H and O–H groups in total. The molecule has 4 nitrogen and oxygen atoms in total. The van der Waals surface area contributed by atoms with Crippen molar-refractivity contribution < 1.29 is 4.74 Å². The largest absolute Gasteiger partial charge is 0.381 e. The zero-order valence-corrected chi connectivity index (χ0v) is 12.4. The summed E-state index contributed by atoms with van der Waals surface area (Å²) >= 11 is 1.71. The molecule has 0 aromatic carbocycles. The third-order valence-electron chi connectivity index (χ3n) is 3.81. The average Bonchev–Trinajstić information content (AvgIpc) is 2.92. The summed E-state index contributed by atoms with van der Waals surface area (Å²) in [5.41, 5.74) is 3.71. The number of ether oxygens (including phenoxy) is 1. The molecule has 5 heteroatoms. The van der Waals surface area contributed by atoms with Crippen molar-refractivity contribution in [1.29, 1.82) is 0 Å². The van der Waals surface area contributed by atoms with Gasteiger partial charge in [0.2, 0.25) is 0 Å². The number of fused-ring (bicyclic) bond motifs is 1. The van der Waals surface area contributed by atoms with Gasteiger partial charge in [0.25, 0.3) is 0 Å². The first-order valence-electron chi connectivity index (χ1n) is 6.96. The smallest absolute Gasteiger partial charge is 0.194 e. The second kappa shape index (κ2) is 5.61. The summed E-state index contributed by atoms with van der Waals surface area (Å²) in [6, 6.07) is 0. The molecule has 3 rings (SSSR count). The van der Waals surface area contributed by atoms with Crippen molar-refractivity contribution in [2.75, 3.05) is 19.8 Å². The van der Waals surface area contributed by atoms with Crippen molar-refractivity contribution in [2.45, 2.75) is 33.2 Å². The molecular weight excluding hydrogens is 258 g/mol. The topological polar surface area (TPSA) is 38.6 Å². The van der Waals surface area contributed by atoms with Crippen molar-refractivity contribution in [1.82, 2.24) is 14.7 Å². The molecule has 1 atom stereocenters. The van der Waals surface area contributed by atoms with Crippen molar-refractivity contribution in [2.24, 2.45) is 5.92 Å². The van der Waals surface area contributed by atoms with Crippen molar-refractivity contribution in [3.05, 3.63) is 22.5 Å². The normalized spacial score (nSPS) is 20.2. The van der Waals surface area contributed by atoms with Crippen LogP contribution in [-0.4, -0.2) is 29.1 Å². The quantitative estimate of drug-likeness (QED) is 0.934. The van der Waals surface area contributed by atoms with E-state index in [4.69, 9.17) is 4.74 Å². The number of imidazole rings is 1. The van der Waals surface area contributed by atoms with Crippen molar-refractivity contribution >= 4 is 16.3 Å². The Hall–Kier alpha value is -0.910. The van der Waals surface area contributed by atoms with E-state index < -0.39 is 0 Å². The van der Waals surface area contributed by atoms with Crippen LogP contribution in [0.5, 0.6) is 0 Å². The van der Waals surface area contributed by atoms with Gasteiger partial charge in [-0.05, 0) is 32.6 Å². The minimum atomic E-state index is 0.668. The Kier molecular flexibility index (Phi) is 3.86. The van der Waals surface area contributed by atoms with Crippen molar-refractivity contribution in [3.8, 4) is 0 Å². The first-order chi connectivity index (χ1) is 9.25. The van der Waals surface area contributed by atoms with E-state index in [1.54, 1.807) is 11.3 Å². The Bertz CT molecular complexity index is 554. The monoisotopic (exact) mass is 279 g/mol. The summed E-state index contributed by atoms with van der Waals surface area (Å²) in [4.78, 5) is 5.72. The van der Waals surface area contributed by atoms with Gasteiger partial charge in [-0.25, -0.2) is 4.98 Å². The lowest BCUT2D eigenvalue weighted by molar-refractivity contribution is 0.0547. The molecule has 1 aliphatic rings. The predicted octanol–water partition coefficient (Wildman–Crippen LogP) is 2.53. The third-order valence-corrected chi connectivity index (χ3v) is 4.75. The highest BCUT2D eigenvalue weighted by Gasteiger charge is 2.15. The average molecular weight is 279 g/mol. The molecular formula is C14H21N3OS. The van der Waals surface area contributed by atoms with E-state index in [1.807, 2.05) is 0 Å². The first kappa shape index (κ1) is 13.1. The fourth-order valence-corrected chi connectivity index (χ4v) is 3.67. The zero-order valence-electron chi connectivity index (χ0n) is 11.6. The van der Waals surface area contributed by atoms with Crippen LogP contribution in [-0.2, 0) is 11.3 Å².